The molecule has 7 aromatic rings. The van der Waals surface area contributed by atoms with Gasteiger partial charge in [0.1, 0.15) is 23.5 Å². The summed E-state index contributed by atoms with van der Waals surface area (Å²) < 4.78 is 6.52. The minimum Gasteiger partial charge on any atom is -0.507 e. The summed E-state index contributed by atoms with van der Waals surface area (Å²) in [4.78, 5) is 37.5. The van der Waals surface area contributed by atoms with Gasteiger partial charge >= 0.3 is 0 Å². The van der Waals surface area contributed by atoms with Crippen molar-refractivity contribution in [3.63, 3.8) is 0 Å². The molecule has 0 amide bonds. The molecule has 9 N–H and O–H groups in total. The molecule has 4 bridgehead atoms. The number of phenolic OH excluding ortho intramolecular Hbond substituents is 2. The van der Waals surface area contributed by atoms with Crippen molar-refractivity contribution in [1.29, 1.82) is 0 Å². The van der Waals surface area contributed by atoms with E-state index in [0.29, 0.717) is 66.6 Å². The van der Waals surface area contributed by atoms with Crippen LogP contribution in [0.5, 0.6) is 17.2 Å². The van der Waals surface area contributed by atoms with Crippen molar-refractivity contribution in [2.45, 2.75) is 126 Å². The number of ketones is 2. The van der Waals surface area contributed by atoms with Crippen LogP contribution in [0.3, 0.4) is 0 Å². The van der Waals surface area contributed by atoms with Crippen molar-refractivity contribution in [3.05, 3.63) is 212 Å². The number of aliphatic hydroxyl groups excluding tert-OH is 3. The van der Waals surface area contributed by atoms with E-state index in [0.717, 1.165) is 70.3 Å². The van der Waals surface area contributed by atoms with E-state index in [1.165, 1.54) is 0 Å². The highest BCUT2D eigenvalue weighted by molar-refractivity contribution is 6.05. The summed E-state index contributed by atoms with van der Waals surface area (Å²) in [5.74, 6) is -2.85. The molecule has 0 unspecified atom stereocenters. The number of aromatic nitrogens is 2. The number of aromatic hydroxyl groups is 2. The maximum Gasteiger partial charge on any atom is 0.163 e. The van der Waals surface area contributed by atoms with Crippen molar-refractivity contribution in [3.8, 4) is 17.2 Å². The van der Waals surface area contributed by atoms with Crippen LogP contribution in [0.4, 0.5) is 5.82 Å². The Balaban J connectivity index is 1.02. The lowest BCUT2D eigenvalue weighted by Gasteiger charge is -2.38. The highest BCUT2D eigenvalue weighted by Crippen LogP contribution is 2.48. The fraction of sp³-hybridized carbons (Fsp3) is 0.353. The van der Waals surface area contributed by atoms with Crippen molar-refractivity contribution >= 4 is 29.5 Å². The number of H-pyrrole nitrogens is 2. The van der Waals surface area contributed by atoms with Gasteiger partial charge < -0.3 is 50.7 Å². The highest BCUT2D eigenvalue weighted by atomic mass is 16.5. The third-order valence-electron chi connectivity index (χ3n) is 17.6. The summed E-state index contributed by atoms with van der Waals surface area (Å²) in [5, 5.41) is 75.0. The second-order valence-electron chi connectivity index (χ2n) is 22.8. The second-order valence-corrected chi connectivity index (χ2v) is 22.8. The van der Waals surface area contributed by atoms with Gasteiger partial charge in [-0.2, -0.15) is 0 Å². The highest BCUT2D eigenvalue weighted by Gasteiger charge is 2.45. The van der Waals surface area contributed by atoms with Gasteiger partial charge in [-0.1, -0.05) is 103 Å². The predicted octanol–water partition coefficient (Wildman–Crippen LogP) is 11.1. The number of fused-ring (bicyclic) bond motifs is 8. The van der Waals surface area contributed by atoms with Crippen LogP contribution in [0.25, 0.3) is 12.2 Å². The number of rotatable bonds is 13. The molecular formula is C68H73N3O9. The number of aromatic amines is 2. The molecule has 5 aromatic carbocycles. The number of aliphatic hydroxyl groups is 4. The largest absolute Gasteiger partial charge is 0.507 e. The third kappa shape index (κ3) is 11.9. The standard InChI is InChI=1S/C68H73N3O9/c72-33-28-55-60(74)23-19-44-34-56(65(77)62(36-44)80-50-15-7-8-16-50)64(76)46-20-22-51(54(21-18-42-10-3-1-4-11-42)61(75)35-43-12-5-2-6-13-43)48(37-46)38-47-26-31-70-67(47)71-41-49-39-58-53(27-32-69-58)57(63(49)66(55)78)40-68(79)29-24-45-14-9-17-59(73)52(45)25-30-68/h1-6,9-14,17,20,22,25-27,30-32,34,36-37,39,50,54-55,57,61,63-64,69-73,75-77,79H,7-8,15-16,18-19,21,23-24,28-29,33,35,38,40-41H2/t54-,55+,57+,61+,63+,64+,68-/m0/s1. The minimum atomic E-state index is -1.41. The fourth-order valence-corrected chi connectivity index (χ4v) is 13.2. The van der Waals surface area contributed by atoms with E-state index in [4.69, 9.17) is 4.74 Å². The Morgan fingerprint density at radius 3 is 2.34 bits per heavy atom. The second kappa shape index (κ2) is 24.1. The summed E-state index contributed by atoms with van der Waals surface area (Å²) in [6, 6.07) is 38.9. The minimum absolute atomic E-state index is 0.0710. The number of hydrogen-bond acceptors (Lipinski definition) is 10. The average Bonchev–Trinajstić information content (AvgIpc) is 4.29. The number of nitrogens with one attached hydrogen (secondary N) is 3. The number of benzene rings is 5. The molecule has 0 radical (unpaired) electrons. The fourth-order valence-electron chi connectivity index (χ4n) is 13.2. The van der Waals surface area contributed by atoms with E-state index in [-0.39, 0.29) is 78.6 Å². The molecular weight excluding hydrogens is 1000 g/mol. The zero-order valence-corrected chi connectivity index (χ0v) is 45.2. The molecule has 1 aliphatic heterocycles. The SMILES string of the molecule is O=C1CCc2cc(OC3CCCC3)c(O)c(c2)[C@H](O)c2ccc([C@H](CCc3ccccc3)[C@H](O)Cc3ccccc3)c(c2)Cc2cc[nH]c2NCC2=Cc3[nH]ccc3[C@@H](C[C@@]3(O)C=Cc4c(O)cccc4CC3)[C@@H]2C(=O)[C@@H]1CCO. The van der Waals surface area contributed by atoms with Crippen LogP contribution in [-0.4, -0.2) is 83.1 Å². The van der Waals surface area contributed by atoms with Crippen LogP contribution >= 0.6 is 0 Å². The van der Waals surface area contributed by atoms with E-state index in [9.17, 15) is 35.4 Å². The Morgan fingerprint density at radius 2 is 1.55 bits per heavy atom. The molecule has 0 spiro atoms. The zero-order valence-electron chi connectivity index (χ0n) is 45.2. The number of Topliss-reactive ketones (excluding diaryl/α,β-unsaturated/α-hetero) is 2. The van der Waals surface area contributed by atoms with Gasteiger partial charge in [-0.25, -0.2) is 0 Å². The maximum atomic E-state index is 15.8. The Morgan fingerprint density at radius 1 is 0.775 bits per heavy atom. The number of carbonyl (C=O) groups is 2. The van der Waals surface area contributed by atoms with Crippen molar-refractivity contribution in [1.82, 2.24) is 9.97 Å². The smallest absolute Gasteiger partial charge is 0.163 e. The lowest BCUT2D eigenvalue weighted by Crippen LogP contribution is -2.40. The molecule has 12 heteroatoms. The van der Waals surface area contributed by atoms with E-state index < -0.39 is 42.2 Å². The topological polar surface area (TPSA) is 208 Å². The van der Waals surface area contributed by atoms with E-state index >= 15 is 4.79 Å². The Bertz CT molecular complexity index is 3370. The first-order valence-corrected chi connectivity index (χ1v) is 28.7. The quantitative estimate of drug-likeness (QED) is 0.0499. The van der Waals surface area contributed by atoms with Crippen molar-refractivity contribution in [2.75, 3.05) is 18.5 Å². The predicted molar refractivity (Wildman–Crippen MR) is 311 cm³/mol. The van der Waals surface area contributed by atoms with Gasteiger partial charge in [-0.3, -0.25) is 9.59 Å². The first-order chi connectivity index (χ1) is 38.9. The van der Waals surface area contributed by atoms with Crippen molar-refractivity contribution < 1.29 is 45.0 Å². The van der Waals surface area contributed by atoms with Crippen LogP contribution < -0.4 is 10.1 Å². The number of hydrogen-bond donors (Lipinski definition) is 9. The average molecular weight is 1080 g/mol. The van der Waals surface area contributed by atoms with Crippen LogP contribution in [0, 0.1) is 11.8 Å². The molecule has 12 nitrogen and oxygen atoms in total. The lowest BCUT2D eigenvalue weighted by molar-refractivity contribution is -0.135. The summed E-state index contributed by atoms with van der Waals surface area (Å²) in [7, 11) is 0. The summed E-state index contributed by atoms with van der Waals surface area (Å²) >= 11 is 0. The molecule has 7 atom stereocenters. The monoisotopic (exact) mass is 1080 g/mol. The van der Waals surface area contributed by atoms with Crippen molar-refractivity contribution in [2.24, 2.45) is 11.8 Å². The Kier molecular flexibility index (Phi) is 16.4. The maximum absolute atomic E-state index is 15.8. The van der Waals surface area contributed by atoms with Gasteiger partial charge in [-0.15, -0.1) is 0 Å². The molecule has 2 aromatic heterocycles. The van der Waals surface area contributed by atoms with Gasteiger partial charge in [0.2, 0.25) is 0 Å². The van der Waals surface area contributed by atoms with Crippen LogP contribution in [0.2, 0.25) is 0 Å². The molecule has 80 heavy (non-hydrogen) atoms. The summed E-state index contributed by atoms with van der Waals surface area (Å²) in [6.45, 7) is -0.221. The number of anilines is 1. The van der Waals surface area contributed by atoms with Crippen LogP contribution in [0.1, 0.15) is 143 Å². The Hall–Kier alpha value is -7.48. The van der Waals surface area contributed by atoms with E-state index in [2.05, 4.69) is 27.4 Å². The van der Waals surface area contributed by atoms with Gasteiger partial charge in [0.15, 0.2) is 17.3 Å². The lowest BCUT2D eigenvalue weighted by atomic mass is 9.67. The molecule has 0 saturated heterocycles. The normalized spacial score (nSPS) is 22.2. The number of ether oxygens (including phenoxy) is 1. The van der Waals surface area contributed by atoms with Crippen LogP contribution in [0.15, 0.2) is 145 Å². The molecule has 3 heterocycles. The number of carbonyl (C=O) groups excluding carboxylic acids is 2. The molecule has 3 aliphatic carbocycles. The summed E-state index contributed by atoms with van der Waals surface area (Å²) in [5.41, 5.74) is 8.74. The van der Waals surface area contributed by atoms with E-state index in [1.54, 1.807) is 36.4 Å². The Labute approximate surface area is 467 Å². The molecule has 1 saturated carbocycles. The number of phenols is 2. The third-order valence-corrected chi connectivity index (χ3v) is 17.6. The molecule has 4 aliphatic rings. The van der Waals surface area contributed by atoms with Crippen LogP contribution in [-0.2, 0) is 41.7 Å². The zero-order chi connectivity index (χ0) is 55.3. The van der Waals surface area contributed by atoms with Gasteiger partial charge in [0, 0.05) is 73.0 Å². The molecule has 11 rings (SSSR count). The van der Waals surface area contributed by atoms with Gasteiger partial charge in [0.05, 0.1) is 23.7 Å². The molecule has 414 valence electrons. The number of aryl methyl sites for hydroxylation is 3. The molecule has 1 fully saturated rings. The van der Waals surface area contributed by atoms with Gasteiger partial charge in [-0.05, 0) is 169 Å². The van der Waals surface area contributed by atoms with E-state index in [1.807, 2.05) is 103 Å². The first-order valence-electron chi connectivity index (χ1n) is 28.7. The van der Waals surface area contributed by atoms with Gasteiger partial charge in [0.25, 0.3) is 0 Å². The summed E-state index contributed by atoms with van der Waals surface area (Å²) in [6.07, 6.45) is 13.7. The first kappa shape index (κ1) is 54.5.